The average Bonchev–Trinajstić information content (AvgIpc) is 3.22. The zero-order chi connectivity index (χ0) is 18.2. The van der Waals surface area contributed by atoms with Crippen molar-refractivity contribution in [2.75, 3.05) is 26.7 Å². The number of halogens is 1. The monoisotopic (exact) mass is 481 g/mol. The summed E-state index contributed by atoms with van der Waals surface area (Å²) in [5.41, 5.74) is 1.49. The number of aliphatic imine (C=N–C) groups is 1. The van der Waals surface area contributed by atoms with Crippen molar-refractivity contribution >= 4 is 29.9 Å². The van der Waals surface area contributed by atoms with E-state index >= 15 is 0 Å². The van der Waals surface area contributed by atoms with E-state index in [-0.39, 0.29) is 24.0 Å². The molecule has 1 aromatic carbocycles. The van der Waals surface area contributed by atoms with Crippen LogP contribution in [-0.4, -0.2) is 47.1 Å². The second-order valence-corrected chi connectivity index (χ2v) is 7.05. The molecule has 1 fully saturated rings. The minimum absolute atomic E-state index is 0. The Balaban J connectivity index is 0.00000261. The van der Waals surface area contributed by atoms with Gasteiger partial charge in [-0.05, 0) is 30.2 Å². The van der Waals surface area contributed by atoms with Crippen molar-refractivity contribution in [3.8, 4) is 0 Å². The van der Waals surface area contributed by atoms with Gasteiger partial charge in [-0.25, -0.2) is 4.98 Å². The Labute approximate surface area is 180 Å². The van der Waals surface area contributed by atoms with Gasteiger partial charge in [0.2, 0.25) is 0 Å². The zero-order valence-corrected chi connectivity index (χ0v) is 18.8. The molecular formula is C21H32IN5. The minimum Gasteiger partial charge on any atom is -0.356 e. The number of likely N-dealkylation sites (tertiary alicyclic amines) is 1. The van der Waals surface area contributed by atoms with Crippen LogP contribution in [0, 0.1) is 5.92 Å². The van der Waals surface area contributed by atoms with Crippen molar-refractivity contribution < 1.29 is 0 Å². The molecule has 0 spiro atoms. The number of benzene rings is 1. The van der Waals surface area contributed by atoms with Gasteiger partial charge in [0.1, 0.15) is 0 Å². The molecule has 2 unspecified atom stereocenters. The van der Waals surface area contributed by atoms with Crippen molar-refractivity contribution in [1.82, 2.24) is 19.8 Å². The predicted molar refractivity (Wildman–Crippen MR) is 123 cm³/mol. The summed E-state index contributed by atoms with van der Waals surface area (Å²) >= 11 is 0. The molecule has 0 bridgehead atoms. The van der Waals surface area contributed by atoms with Gasteiger partial charge in [0.25, 0.3) is 0 Å². The third-order valence-electron chi connectivity index (χ3n) is 5.43. The fourth-order valence-electron chi connectivity index (χ4n) is 3.99. The molecule has 0 saturated carbocycles. The van der Waals surface area contributed by atoms with Crippen LogP contribution in [0.25, 0.3) is 0 Å². The highest BCUT2D eigenvalue weighted by Crippen LogP contribution is 2.34. The molecule has 1 aromatic heterocycles. The summed E-state index contributed by atoms with van der Waals surface area (Å²) in [7, 11) is 1.89. The van der Waals surface area contributed by atoms with Gasteiger partial charge in [-0.15, -0.1) is 24.0 Å². The Bertz CT molecular complexity index is 671. The summed E-state index contributed by atoms with van der Waals surface area (Å²) in [6.45, 7) is 6.37. The highest BCUT2D eigenvalue weighted by molar-refractivity contribution is 14.0. The first kappa shape index (κ1) is 21.7. The lowest BCUT2D eigenvalue weighted by atomic mass is 9.79. The predicted octanol–water partition coefficient (Wildman–Crippen LogP) is 3.98. The normalized spacial score (nSPS) is 20.2. The van der Waals surface area contributed by atoms with Gasteiger partial charge in [-0.2, -0.15) is 0 Å². The minimum atomic E-state index is 0. The Hall–Kier alpha value is -1.57. The number of guanidine groups is 1. The van der Waals surface area contributed by atoms with E-state index in [0.29, 0.717) is 11.8 Å². The van der Waals surface area contributed by atoms with E-state index in [9.17, 15) is 0 Å². The number of rotatable bonds is 6. The summed E-state index contributed by atoms with van der Waals surface area (Å²) in [6.07, 6.45) is 9.16. The molecule has 2 heterocycles. The summed E-state index contributed by atoms with van der Waals surface area (Å²) < 4.78 is 2.11. The molecule has 1 saturated heterocycles. The molecule has 0 radical (unpaired) electrons. The fraction of sp³-hybridized carbons (Fsp3) is 0.524. The van der Waals surface area contributed by atoms with Crippen molar-refractivity contribution in [3.63, 3.8) is 0 Å². The number of hydrogen-bond donors (Lipinski definition) is 1. The maximum atomic E-state index is 4.53. The van der Waals surface area contributed by atoms with Crippen molar-refractivity contribution in [2.24, 2.45) is 10.9 Å². The molecule has 1 aliphatic heterocycles. The van der Waals surface area contributed by atoms with Crippen LogP contribution in [0.2, 0.25) is 0 Å². The molecule has 2 atom stereocenters. The maximum Gasteiger partial charge on any atom is 0.193 e. The molecule has 0 amide bonds. The average molecular weight is 481 g/mol. The first-order valence-corrected chi connectivity index (χ1v) is 9.78. The topological polar surface area (TPSA) is 45.5 Å². The fourth-order valence-corrected chi connectivity index (χ4v) is 3.99. The number of piperidine rings is 1. The van der Waals surface area contributed by atoms with Crippen molar-refractivity contribution in [1.29, 1.82) is 0 Å². The second-order valence-electron chi connectivity index (χ2n) is 7.05. The molecule has 27 heavy (non-hydrogen) atoms. The Morgan fingerprint density at radius 3 is 2.78 bits per heavy atom. The third kappa shape index (κ3) is 5.96. The van der Waals surface area contributed by atoms with E-state index < -0.39 is 0 Å². The molecule has 5 nitrogen and oxygen atoms in total. The molecule has 1 N–H and O–H groups in total. The first-order chi connectivity index (χ1) is 12.8. The van der Waals surface area contributed by atoms with E-state index in [2.05, 4.69) is 62.0 Å². The molecule has 2 aromatic rings. The lowest BCUT2D eigenvalue weighted by molar-refractivity contribution is 0.215. The van der Waals surface area contributed by atoms with Gasteiger partial charge in [-0.3, -0.25) is 4.99 Å². The summed E-state index contributed by atoms with van der Waals surface area (Å²) in [6, 6.07) is 11.0. The summed E-state index contributed by atoms with van der Waals surface area (Å²) in [5.74, 6) is 2.38. The van der Waals surface area contributed by atoms with Crippen LogP contribution in [-0.2, 0) is 6.54 Å². The standard InChI is InChI=1S/C21H31N5.HI/c1-3-18-16-26(14-10-20(18)19-8-5-4-6-9-19)21(22-2)24-11-7-13-25-15-12-23-17-25;/h4-6,8-9,12,15,17-18,20H,3,7,10-11,13-14,16H2,1-2H3,(H,22,24);1H. The van der Waals surface area contributed by atoms with Crippen LogP contribution >= 0.6 is 24.0 Å². The highest BCUT2D eigenvalue weighted by atomic mass is 127. The van der Waals surface area contributed by atoms with E-state index in [1.807, 2.05) is 25.8 Å². The van der Waals surface area contributed by atoms with Gasteiger partial charge >= 0.3 is 0 Å². The van der Waals surface area contributed by atoms with Crippen LogP contribution in [0.1, 0.15) is 37.7 Å². The SMILES string of the molecule is CCC1CN(C(=NC)NCCCn2ccnc2)CCC1c1ccccc1.I. The third-order valence-corrected chi connectivity index (χ3v) is 5.43. The van der Waals surface area contributed by atoms with Crippen molar-refractivity contribution in [3.05, 3.63) is 54.6 Å². The lowest BCUT2D eigenvalue weighted by Crippen LogP contribution is -2.48. The van der Waals surface area contributed by atoms with E-state index in [0.717, 1.165) is 38.6 Å². The summed E-state index contributed by atoms with van der Waals surface area (Å²) in [4.78, 5) is 11.0. The van der Waals surface area contributed by atoms with Gasteiger partial charge in [0, 0.05) is 45.6 Å². The Kier molecular flexibility index (Phi) is 9.10. The molecule has 0 aliphatic carbocycles. The van der Waals surface area contributed by atoms with Crippen LogP contribution in [0.15, 0.2) is 54.0 Å². The van der Waals surface area contributed by atoms with Crippen LogP contribution in [0.4, 0.5) is 0 Å². The van der Waals surface area contributed by atoms with Crippen LogP contribution in [0.5, 0.6) is 0 Å². The largest absolute Gasteiger partial charge is 0.356 e. The van der Waals surface area contributed by atoms with Gasteiger partial charge in [0.05, 0.1) is 6.33 Å². The van der Waals surface area contributed by atoms with E-state index in [4.69, 9.17) is 0 Å². The van der Waals surface area contributed by atoms with Crippen LogP contribution in [0.3, 0.4) is 0 Å². The number of hydrogen-bond acceptors (Lipinski definition) is 2. The van der Waals surface area contributed by atoms with E-state index in [1.54, 1.807) is 0 Å². The van der Waals surface area contributed by atoms with Gasteiger partial charge < -0.3 is 14.8 Å². The van der Waals surface area contributed by atoms with E-state index in [1.165, 1.54) is 18.4 Å². The Morgan fingerprint density at radius 1 is 1.30 bits per heavy atom. The number of nitrogens with one attached hydrogen (secondary N) is 1. The molecule has 148 valence electrons. The van der Waals surface area contributed by atoms with Crippen molar-refractivity contribution in [2.45, 2.75) is 38.6 Å². The highest BCUT2D eigenvalue weighted by Gasteiger charge is 2.30. The van der Waals surface area contributed by atoms with Gasteiger partial charge in [0.15, 0.2) is 5.96 Å². The Morgan fingerprint density at radius 2 is 2.11 bits per heavy atom. The van der Waals surface area contributed by atoms with Crippen LogP contribution < -0.4 is 5.32 Å². The number of imidazole rings is 1. The number of aromatic nitrogens is 2. The first-order valence-electron chi connectivity index (χ1n) is 9.78. The van der Waals surface area contributed by atoms with Gasteiger partial charge in [-0.1, -0.05) is 43.7 Å². The summed E-state index contributed by atoms with van der Waals surface area (Å²) in [5, 5.41) is 3.54. The molecular weight excluding hydrogens is 449 g/mol. The molecule has 3 rings (SSSR count). The zero-order valence-electron chi connectivity index (χ0n) is 16.4. The lowest BCUT2D eigenvalue weighted by Gasteiger charge is -2.40. The molecule has 1 aliphatic rings. The second kappa shape index (κ2) is 11.3. The quantitative estimate of drug-likeness (QED) is 0.294. The number of aryl methyl sites for hydroxylation is 1. The number of nitrogens with zero attached hydrogens (tertiary/aromatic N) is 4. The maximum absolute atomic E-state index is 4.53. The smallest absolute Gasteiger partial charge is 0.193 e. The molecule has 6 heteroatoms.